The van der Waals surface area contributed by atoms with Crippen LogP contribution in [-0.4, -0.2) is 77.7 Å². The Hall–Kier alpha value is -4.08. The number of aromatic nitrogens is 4. The molecule has 0 saturated carbocycles. The third-order valence-corrected chi connectivity index (χ3v) is 5.54. The fourth-order valence-corrected chi connectivity index (χ4v) is 3.56. The Kier molecular flexibility index (Phi) is 7.80. The molecular formula is C21H28N8O7S. The van der Waals surface area contributed by atoms with E-state index >= 15 is 0 Å². The average Bonchev–Trinajstić information content (AvgIpc) is 3.39. The van der Waals surface area contributed by atoms with E-state index in [9.17, 15) is 24.3 Å². The maximum absolute atomic E-state index is 13.2. The van der Waals surface area contributed by atoms with Crippen molar-refractivity contribution in [1.82, 2.24) is 30.4 Å². The first-order chi connectivity index (χ1) is 17.1. The second-order valence-corrected chi connectivity index (χ2v) is 10.4. The smallest absolute Gasteiger partial charge is 0.413 e. The number of carbonyl (C=O) groups excluding carboxylic acids is 3. The number of thiazole rings is 1. The standard InChI is InChI=1S/C21H28N8O7S/c1-10-22-9-29(27-10)7-11-13(15(30)23-11)25-16(31)14(28-36-21(5,6)17(32)33)12-8-37-18(24-12)26-19(34)35-20(2,3)4/h8-9,11,13H,7H2,1-6H3,(H,23,30)(H,25,31)(H,32,33)(H,24,26,34)/t11-,13-/m0/s1. The van der Waals surface area contributed by atoms with Crippen molar-refractivity contribution in [3.63, 3.8) is 0 Å². The van der Waals surface area contributed by atoms with Gasteiger partial charge in [-0.2, -0.15) is 5.10 Å². The Bertz CT molecular complexity index is 1230. The van der Waals surface area contributed by atoms with Gasteiger partial charge in [0.15, 0.2) is 10.8 Å². The number of hydrogen-bond donors (Lipinski definition) is 4. The summed E-state index contributed by atoms with van der Waals surface area (Å²) in [6, 6.07) is -1.40. The summed E-state index contributed by atoms with van der Waals surface area (Å²) in [5.74, 6) is -2.02. The van der Waals surface area contributed by atoms with E-state index in [1.54, 1.807) is 27.7 Å². The maximum atomic E-state index is 13.2. The molecule has 3 heterocycles. The normalized spacial score (nSPS) is 17.9. The van der Waals surface area contributed by atoms with Crippen LogP contribution in [0.4, 0.5) is 9.93 Å². The summed E-state index contributed by atoms with van der Waals surface area (Å²) in [6.45, 7) is 9.57. The van der Waals surface area contributed by atoms with Gasteiger partial charge in [0.25, 0.3) is 5.91 Å². The number of hydrogen-bond acceptors (Lipinski definition) is 11. The quantitative estimate of drug-likeness (QED) is 0.200. The number of amides is 3. The minimum atomic E-state index is -1.76. The first-order valence-corrected chi connectivity index (χ1v) is 12.0. The SMILES string of the molecule is Cc1ncn(C[C@@H]2NC(=O)[C@H]2NC(=O)C(=NOC(C)(C)C(=O)O)c2csc(NC(=O)OC(C)(C)C)n2)n1. The van der Waals surface area contributed by atoms with E-state index in [0.717, 1.165) is 11.3 Å². The van der Waals surface area contributed by atoms with Gasteiger partial charge >= 0.3 is 12.1 Å². The van der Waals surface area contributed by atoms with E-state index in [1.165, 1.54) is 30.2 Å². The first kappa shape index (κ1) is 27.5. The Labute approximate surface area is 215 Å². The highest BCUT2D eigenvalue weighted by molar-refractivity contribution is 7.14. The Morgan fingerprint density at radius 2 is 1.97 bits per heavy atom. The molecule has 0 aliphatic carbocycles. The number of oxime groups is 1. The van der Waals surface area contributed by atoms with Gasteiger partial charge in [0.05, 0.1) is 12.6 Å². The van der Waals surface area contributed by atoms with Gasteiger partial charge in [0, 0.05) is 5.38 Å². The summed E-state index contributed by atoms with van der Waals surface area (Å²) < 4.78 is 6.72. The van der Waals surface area contributed by atoms with Crippen molar-refractivity contribution >= 4 is 46.1 Å². The molecule has 0 aromatic carbocycles. The summed E-state index contributed by atoms with van der Waals surface area (Å²) in [7, 11) is 0. The van der Waals surface area contributed by atoms with Gasteiger partial charge in [-0.3, -0.25) is 19.6 Å². The fourth-order valence-electron chi connectivity index (χ4n) is 2.88. The summed E-state index contributed by atoms with van der Waals surface area (Å²) in [6.07, 6.45) is 0.749. The van der Waals surface area contributed by atoms with E-state index < -0.39 is 52.9 Å². The molecule has 2 atom stereocenters. The van der Waals surface area contributed by atoms with Crippen LogP contribution in [0.1, 0.15) is 46.1 Å². The maximum Gasteiger partial charge on any atom is 0.413 e. The molecule has 0 bridgehead atoms. The molecule has 2 aromatic heterocycles. The van der Waals surface area contributed by atoms with Gasteiger partial charge in [0.1, 0.15) is 29.5 Å². The molecule has 1 aliphatic rings. The number of nitrogens with zero attached hydrogens (tertiary/aromatic N) is 5. The lowest BCUT2D eigenvalue weighted by Gasteiger charge is -2.36. The highest BCUT2D eigenvalue weighted by Crippen LogP contribution is 2.20. The number of aliphatic carboxylic acids is 1. The predicted molar refractivity (Wildman–Crippen MR) is 130 cm³/mol. The fraction of sp³-hybridized carbons (Fsp3) is 0.524. The number of carboxylic acids is 1. The molecule has 4 N–H and O–H groups in total. The molecule has 2 aromatic rings. The predicted octanol–water partition coefficient (Wildman–Crippen LogP) is 0.657. The molecule has 16 heteroatoms. The van der Waals surface area contributed by atoms with Crippen LogP contribution in [0.3, 0.4) is 0 Å². The molecule has 3 rings (SSSR count). The van der Waals surface area contributed by atoms with Crippen molar-refractivity contribution in [2.45, 2.75) is 71.4 Å². The van der Waals surface area contributed by atoms with E-state index in [4.69, 9.17) is 9.57 Å². The third-order valence-electron chi connectivity index (χ3n) is 4.78. The number of β-lactam (4-membered cyclic amide) rings is 1. The van der Waals surface area contributed by atoms with Crippen LogP contribution in [0.5, 0.6) is 0 Å². The van der Waals surface area contributed by atoms with Gasteiger partial charge in [-0.05, 0) is 41.5 Å². The monoisotopic (exact) mass is 536 g/mol. The van der Waals surface area contributed by atoms with Gasteiger partial charge in [-0.15, -0.1) is 11.3 Å². The lowest BCUT2D eigenvalue weighted by atomic mass is 9.98. The molecule has 37 heavy (non-hydrogen) atoms. The van der Waals surface area contributed by atoms with Crippen molar-refractivity contribution in [3.05, 3.63) is 23.2 Å². The first-order valence-electron chi connectivity index (χ1n) is 11.1. The van der Waals surface area contributed by atoms with E-state index in [2.05, 4.69) is 36.2 Å². The molecule has 15 nitrogen and oxygen atoms in total. The van der Waals surface area contributed by atoms with Crippen LogP contribution < -0.4 is 16.0 Å². The minimum absolute atomic E-state index is 0.0158. The van der Waals surface area contributed by atoms with Crippen LogP contribution in [0.15, 0.2) is 16.9 Å². The van der Waals surface area contributed by atoms with Crippen LogP contribution in [-0.2, 0) is 30.5 Å². The molecule has 200 valence electrons. The third kappa shape index (κ3) is 7.22. The van der Waals surface area contributed by atoms with Crippen LogP contribution in [0.2, 0.25) is 0 Å². The van der Waals surface area contributed by atoms with Crippen molar-refractivity contribution in [2.24, 2.45) is 5.16 Å². The number of carboxylic acid groups (broad SMARTS) is 1. The lowest BCUT2D eigenvalue weighted by molar-refractivity contribution is -0.161. The average molecular weight is 537 g/mol. The molecule has 1 aliphatic heterocycles. The summed E-state index contributed by atoms with van der Waals surface area (Å²) in [4.78, 5) is 62.2. The van der Waals surface area contributed by atoms with E-state index in [1.807, 2.05) is 0 Å². The number of nitrogens with one attached hydrogen (secondary N) is 3. The molecule has 0 spiro atoms. The second-order valence-electron chi connectivity index (χ2n) is 9.59. The highest BCUT2D eigenvalue weighted by Gasteiger charge is 2.42. The molecule has 3 amide bonds. The molecule has 1 fully saturated rings. The summed E-state index contributed by atoms with van der Waals surface area (Å²) in [5.41, 5.74) is -2.91. The van der Waals surface area contributed by atoms with Crippen molar-refractivity contribution in [2.75, 3.05) is 5.32 Å². The zero-order valence-electron chi connectivity index (χ0n) is 21.1. The summed E-state index contributed by atoms with van der Waals surface area (Å²) >= 11 is 0.979. The van der Waals surface area contributed by atoms with Crippen LogP contribution in [0, 0.1) is 6.92 Å². The number of rotatable bonds is 9. The topological polar surface area (TPSA) is 199 Å². The molecule has 0 radical (unpaired) electrons. The van der Waals surface area contributed by atoms with Crippen molar-refractivity contribution in [1.29, 1.82) is 0 Å². The summed E-state index contributed by atoms with van der Waals surface area (Å²) in [5, 5.41) is 26.5. The molecule has 1 saturated heterocycles. The Morgan fingerprint density at radius 3 is 2.54 bits per heavy atom. The zero-order chi connectivity index (χ0) is 27.5. The van der Waals surface area contributed by atoms with Crippen molar-refractivity contribution in [3.8, 4) is 0 Å². The molecule has 0 unspecified atom stereocenters. The Balaban J connectivity index is 1.79. The van der Waals surface area contributed by atoms with Gasteiger partial charge in [0.2, 0.25) is 11.5 Å². The number of anilines is 1. The lowest BCUT2D eigenvalue weighted by Crippen LogP contribution is -2.70. The van der Waals surface area contributed by atoms with Crippen LogP contribution in [0.25, 0.3) is 0 Å². The minimum Gasteiger partial charge on any atom is -0.478 e. The highest BCUT2D eigenvalue weighted by atomic mass is 32.1. The number of ether oxygens (including phenoxy) is 1. The number of carbonyl (C=O) groups is 4. The molecular weight excluding hydrogens is 508 g/mol. The van der Waals surface area contributed by atoms with E-state index in [0.29, 0.717) is 5.82 Å². The number of aryl methyl sites for hydroxylation is 1. The van der Waals surface area contributed by atoms with Crippen molar-refractivity contribution < 1.29 is 33.9 Å². The van der Waals surface area contributed by atoms with Crippen LogP contribution >= 0.6 is 11.3 Å². The van der Waals surface area contributed by atoms with E-state index in [-0.39, 0.29) is 17.4 Å². The van der Waals surface area contributed by atoms with Gasteiger partial charge in [-0.25, -0.2) is 19.6 Å². The second kappa shape index (κ2) is 10.5. The zero-order valence-corrected chi connectivity index (χ0v) is 21.9. The Morgan fingerprint density at radius 1 is 1.27 bits per heavy atom. The largest absolute Gasteiger partial charge is 0.478 e. The van der Waals surface area contributed by atoms with Gasteiger partial charge in [-0.1, -0.05) is 5.16 Å². The van der Waals surface area contributed by atoms with Gasteiger partial charge < -0.3 is 25.3 Å².